The fourth-order valence-electron chi connectivity index (χ4n) is 1.46. The zero-order chi connectivity index (χ0) is 8.27. The molecule has 0 aromatic carbocycles. The third-order valence-corrected chi connectivity index (χ3v) is 2.18. The average Bonchev–Trinajstić information content (AvgIpc) is 2.40. The number of carboxylic acids is 1. The molecule has 3 N–H and O–H groups in total. The van der Waals surface area contributed by atoms with Crippen LogP contribution in [0.25, 0.3) is 0 Å². The van der Waals surface area contributed by atoms with Gasteiger partial charge in [-0.05, 0) is 18.8 Å². The van der Waals surface area contributed by atoms with Crippen molar-refractivity contribution in [2.75, 3.05) is 6.54 Å². The van der Waals surface area contributed by atoms with E-state index in [-0.39, 0.29) is 18.4 Å². The second kappa shape index (κ2) is 3.53. The van der Waals surface area contributed by atoms with Gasteiger partial charge in [-0.2, -0.15) is 0 Å². The Morgan fingerprint density at radius 3 is 2.55 bits per heavy atom. The molecule has 0 bridgehead atoms. The van der Waals surface area contributed by atoms with Crippen LogP contribution >= 0.6 is 0 Å². The quantitative estimate of drug-likeness (QED) is 0.587. The van der Waals surface area contributed by atoms with Gasteiger partial charge in [0.25, 0.3) is 0 Å². The van der Waals surface area contributed by atoms with Crippen LogP contribution in [0.4, 0.5) is 0 Å². The van der Waals surface area contributed by atoms with Crippen LogP contribution < -0.4 is 5.73 Å². The molecule has 1 aliphatic carbocycles. The molecule has 1 aliphatic rings. The fraction of sp³-hybridized carbons (Fsp3) is 0.625. The highest BCUT2D eigenvalue weighted by Gasteiger charge is 2.26. The number of carboxylic acid groups (broad SMARTS) is 1. The Morgan fingerprint density at radius 2 is 2.18 bits per heavy atom. The molecule has 0 aromatic rings. The predicted octanol–water partition coefficient (Wildman–Crippen LogP) is 0.612. The monoisotopic (exact) mass is 155 g/mol. The molecule has 1 rings (SSSR count). The van der Waals surface area contributed by atoms with Crippen molar-refractivity contribution in [2.45, 2.75) is 12.8 Å². The first kappa shape index (κ1) is 8.27. The highest BCUT2D eigenvalue weighted by molar-refractivity contribution is 5.70. The zero-order valence-electron chi connectivity index (χ0n) is 6.36. The first-order valence-electron chi connectivity index (χ1n) is 3.83. The van der Waals surface area contributed by atoms with Gasteiger partial charge in [-0.3, -0.25) is 4.79 Å². The van der Waals surface area contributed by atoms with Gasteiger partial charge in [-0.1, -0.05) is 12.2 Å². The lowest BCUT2D eigenvalue weighted by molar-refractivity contribution is -0.143. The maximum atomic E-state index is 10.6. The van der Waals surface area contributed by atoms with Crippen LogP contribution in [-0.2, 0) is 4.79 Å². The summed E-state index contributed by atoms with van der Waals surface area (Å²) in [7, 11) is 0. The minimum atomic E-state index is -0.763. The van der Waals surface area contributed by atoms with Crippen LogP contribution in [0, 0.1) is 11.8 Å². The normalized spacial score (nSPS) is 20.5. The van der Waals surface area contributed by atoms with E-state index >= 15 is 0 Å². The van der Waals surface area contributed by atoms with Gasteiger partial charge in [0.2, 0.25) is 0 Å². The average molecular weight is 155 g/mol. The van der Waals surface area contributed by atoms with Crippen LogP contribution in [0.5, 0.6) is 0 Å². The lowest BCUT2D eigenvalue weighted by Gasteiger charge is -2.16. The van der Waals surface area contributed by atoms with Crippen molar-refractivity contribution in [1.82, 2.24) is 0 Å². The maximum Gasteiger partial charge on any atom is 0.308 e. The SMILES string of the molecule is NCC(C(=O)O)C1CC=CC1. The van der Waals surface area contributed by atoms with E-state index in [9.17, 15) is 4.79 Å². The number of rotatable bonds is 3. The Hall–Kier alpha value is -0.830. The van der Waals surface area contributed by atoms with Crippen molar-refractivity contribution in [1.29, 1.82) is 0 Å². The van der Waals surface area contributed by atoms with E-state index in [0.29, 0.717) is 0 Å². The van der Waals surface area contributed by atoms with E-state index in [1.54, 1.807) is 0 Å². The van der Waals surface area contributed by atoms with Crippen LogP contribution in [0.2, 0.25) is 0 Å². The molecule has 0 aliphatic heterocycles. The van der Waals surface area contributed by atoms with Crippen molar-refractivity contribution in [3.05, 3.63) is 12.2 Å². The standard InChI is InChI=1S/C8H13NO2/c9-5-7(8(10)11)6-3-1-2-4-6/h1-2,6-7H,3-5,9H2,(H,10,11). The van der Waals surface area contributed by atoms with Gasteiger partial charge in [0.05, 0.1) is 5.92 Å². The minimum Gasteiger partial charge on any atom is -0.481 e. The first-order chi connectivity index (χ1) is 5.25. The molecule has 3 nitrogen and oxygen atoms in total. The van der Waals surface area contributed by atoms with Crippen molar-refractivity contribution in [3.8, 4) is 0 Å². The van der Waals surface area contributed by atoms with Crippen molar-refractivity contribution in [2.24, 2.45) is 17.6 Å². The summed E-state index contributed by atoms with van der Waals surface area (Å²) < 4.78 is 0. The molecule has 0 saturated carbocycles. The predicted molar refractivity (Wildman–Crippen MR) is 42.0 cm³/mol. The molecule has 0 heterocycles. The van der Waals surface area contributed by atoms with Crippen LogP contribution in [0.15, 0.2) is 12.2 Å². The molecule has 3 heteroatoms. The van der Waals surface area contributed by atoms with E-state index in [2.05, 4.69) is 0 Å². The van der Waals surface area contributed by atoms with Crippen LogP contribution in [-0.4, -0.2) is 17.6 Å². The summed E-state index contributed by atoms with van der Waals surface area (Å²) in [5.74, 6) is -0.885. The number of nitrogens with two attached hydrogens (primary N) is 1. The summed E-state index contributed by atoms with van der Waals surface area (Å²) in [4.78, 5) is 10.6. The highest BCUT2D eigenvalue weighted by Crippen LogP contribution is 2.25. The second-order valence-electron chi connectivity index (χ2n) is 2.88. The number of carbonyl (C=O) groups is 1. The molecule has 0 aromatic heterocycles. The molecule has 11 heavy (non-hydrogen) atoms. The second-order valence-corrected chi connectivity index (χ2v) is 2.88. The smallest absolute Gasteiger partial charge is 0.308 e. The Kier molecular flexibility index (Phi) is 2.65. The van der Waals surface area contributed by atoms with E-state index < -0.39 is 5.97 Å². The maximum absolute atomic E-state index is 10.6. The zero-order valence-corrected chi connectivity index (χ0v) is 6.36. The molecule has 0 spiro atoms. The lowest BCUT2D eigenvalue weighted by Crippen LogP contribution is -2.29. The van der Waals surface area contributed by atoms with Crippen molar-refractivity contribution < 1.29 is 9.90 Å². The third kappa shape index (κ3) is 1.80. The highest BCUT2D eigenvalue weighted by atomic mass is 16.4. The van der Waals surface area contributed by atoms with Gasteiger partial charge in [0.15, 0.2) is 0 Å². The van der Waals surface area contributed by atoms with Crippen LogP contribution in [0.1, 0.15) is 12.8 Å². The summed E-state index contributed by atoms with van der Waals surface area (Å²) in [6, 6.07) is 0. The molecule has 0 amide bonds. The summed E-state index contributed by atoms with van der Waals surface area (Å²) >= 11 is 0. The summed E-state index contributed by atoms with van der Waals surface area (Å²) in [6.45, 7) is 0.252. The van der Waals surface area contributed by atoms with Gasteiger partial charge in [-0.25, -0.2) is 0 Å². The molecule has 0 radical (unpaired) electrons. The Morgan fingerprint density at radius 1 is 1.64 bits per heavy atom. The van der Waals surface area contributed by atoms with E-state index in [1.807, 2.05) is 12.2 Å². The minimum absolute atomic E-state index is 0.234. The largest absolute Gasteiger partial charge is 0.481 e. The molecular weight excluding hydrogens is 142 g/mol. The van der Waals surface area contributed by atoms with Crippen LogP contribution in [0.3, 0.4) is 0 Å². The third-order valence-electron chi connectivity index (χ3n) is 2.18. The number of aliphatic carboxylic acids is 1. The Bertz CT molecular complexity index is 169. The Labute approximate surface area is 65.9 Å². The van der Waals surface area contributed by atoms with E-state index in [0.717, 1.165) is 12.8 Å². The number of hydrogen-bond acceptors (Lipinski definition) is 2. The van der Waals surface area contributed by atoms with Gasteiger partial charge in [0.1, 0.15) is 0 Å². The Balaban J connectivity index is 2.48. The number of allylic oxidation sites excluding steroid dienone is 2. The van der Waals surface area contributed by atoms with E-state index in [1.165, 1.54) is 0 Å². The summed E-state index contributed by atoms with van der Waals surface area (Å²) in [5, 5.41) is 8.73. The molecule has 62 valence electrons. The molecule has 1 atom stereocenters. The van der Waals surface area contributed by atoms with Gasteiger partial charge in [-0.15, -0.1) is 0 Å². The topological polar surface area (TPSA) is 63.3 Å². The summed E-state index contributed by atoms with van der Waals surface area (Å²) in [6.07, 6.45) is 5.79. The molecular formula is C8H13NO2. The molecule has 1 unspecified atom stereocenters. The van der Waals surface area contributed by atoms with Gasteiger partial charge >= 0.3 is 5.97 Å². The lowest BCUT2D eigenvalue weighted by atomic mass is 9.90. The molecule has 0 saturated heterocycles. The fourth-order valence-corrected chi connectivity index (χ4v) is 1.46. The van der Waals surface area contributed by atoms with E-state index in [4.69, 9.17) is 10.8 Å². The number of hydrogen-bond donors (Lipinski definition) is 2. The van der Waals surface area contributed by atoms with Crippen molar-refractivity contribution in [3.63, 3.8) is 0 Å². The summed E-state index contributed by atoms with van der Waals surface area (Å²) in [5.41, 5.74) is 5.34. The molecule has 0 fully saturated rings. The first-order valence-corrected chi connectivity index (χ1v) is 3.83. The van der Waals surface area contributed by atoms with Gasteiger partial charge in [0, 0.05) is 6.54 Å². The van der Waals surface area contributed by atoms with Crippen molar-refractivity contribution >= 4 is 5.97 Å². The van der Waals surface area contributed by atoms with Gasteiger partial charge < -0.3 is 10.8 Å².